The maximum absolute atomic E-state index is 13.6. The van der Waals surface area contributed by atoms with Gasteiger partial charge in [0.05, 0.1) is 12.0 Å². The van der Waals surface area contributed by atoms with E-state index in [1.807, 2.05) is 34.6 Å². The third-order valence-corrected chi connectivity index (χ3v) is 7.69. The number of carbonyl (C=O) groups is 2. The van der Waals surface area contributed by atoms with Crippen molar-refractivity contribution in [2.45, 2.75) is 96.9 Å². The molecule has 1 amide bonds. The number of carboxylic acids is 1. The first kappa shape index (κ1) is 24.4. The van der Waals surface area contributed by atoms with Gasteiger partial charge in [-0.2, -0.15) is 0 Å². The van der Waals surface area contributed by atoms with E-state index in [1.54, 1.807) is 4.90 Å². The van der Waals surface area contributed by atoms with Gasteiger partial charge in [0.2, 0.25) is 11.8 Å². The largest absolute Gasteiger partial charge is 0.479 e. The number of fused-ring (bicyclic) bond motifs is 1. The van der Waals surface area contributed by atoms with E-state index in [-0.39, 0.29) is 31.2 Å². The Morgan fingerprint density at radius 3 is 2.29 bits per heavy atom. The van der Waals surface area contributed by atoms with Crippen LogP contribution in [0, 0.1) is 17.4 Å². The number of carbonyl (C=O) groups excluding carboxylic acids is 1. The van der Waals surface area contributed by atoms with Gasteiger partial charge in [0.25, 0.3) is 0 Å². The molecule has 0 unspecified atom stereocenters. The fourth-order valence-electron chi connectivity index (χ4n) is 4.65. The number of hydrogen-bond acceptors (Lipinski definition) is 3. The summed E-state index contributed by atoms with van der Waals surface area (Å²) in [6, 6.07) is -0.173. The van der Waals surface area contributed by atoms with E-state index in [4.69, 9.17) is 4.74 Å². The van der Waals surface area contributed by atoms with Crippen LogP contribution in [0.4, 0.5) is 8.78 Å². The quantitative estimate of drug-likeness (QED) is 0.517. The van der Waals surface area contributed by atoms with Crippen molar-refractivity contribution < 1.29 is 28.2 Å². The summed E-state index contributed by atoms with van der Waals surface area (Å²) in [7, 11) is 0. The van der Waals surface area contributed by atoms with E-state index in [1.165, 1.54) is 0 Å². The lowest BCUT2D eigenvalue weighted by molar-refractivity contribution is -0.160. The van der Waals surface area contributed by atoms with Crippen molar-refractivity contribution in [3.63, 3.8) is 0 Å². The molecule has 3 rings (SSSR count). The molecule has 0 saturated heterocycles. The Labute approximate surface area is 195 Å². The lowest BCUT2D eigenvalue weighted by atomic mass is 9.84. The molecule has 0 radical (unpaired) electrons. The van der Waals surface area contributed by atoms with Crippen molar-refractivity contribution in [3.05, 3.63) is 31.4 Å². The van der Waals surface area contributed by atoms with Crippen LogP contribution in [-0.2, 0) is 27.3 Å². The van der Waals surface area contributed by atoms with Gasteiger partial charge in [-0.1, -0.05) is 0 Å². The third-order valence-electron chi connectivity index (χ3n) is 6.30. The first-order chi connectivity index (χ1) is 14.2. The van der Waals surface area contributed by atoms with Gasteiger partial charge >= 0.3 is 5.97 Å². The number of benzene rings is 1. The van der Waals surface area contributed by atoms with E-state index in [0.29, 0.717) is 24.9 Å². The average molecular weight is 549 g/mol. The summed E-state index contributed by atoms with van der Waals surface area (Å²) in [4.78, 5) is 26.8. The molecule has 1 aliphatic carbocycles. The van der Waals surface area contributed by atoms with Crippen LogP contribution in [-0.4, -0.2) is 39.4 Å². The van der Waals surface area contributed by atoms with Gasteiger partial charge in [0.1, 0.15) is 0 Å². The molecule has 1 saturated carbocycles. The predicted molar refractivity (Wildman–Crippen MR) is 121 cm³/mol. The van der Waals surface area contributed by atoms with Gasteiger partial charge in [-0.15, -0.1) is 0 Å². The number of hydrogen-bond donors (Lipinski definition) is 1. The van der Waals surface area contributed by atoms with Crippen LogP contribution in [0.3, 0.4) is 0 Å². The molecule has 5 nitrogen and oxygen atoms in total. The number of ether oxygens (including phenoxy) is 1. The zero-order valence-corrected chi connectivity index (χ0v) is 20.8. The van der Waals surface area contributed by atoms with Crippen LogP contribution < -0.4 is 0 Å². The van der Waals surface area contributed by atoms with E-state index >= 15 is 0 Å². The van der Waals surface area contributed by atoms with E-state index in [9.17, 15) is 23.5 Å². The van der Waals surface area contributed by atoms with Crippen LogP contribution in [0.1, 0.15) is 80.4 Å². The second kappa shape index (κ2) is 8.57. The molecule has 1 aromatic rings. The molecule has 31 heavy (non-hydrogen) atoms. The average Bonchev–Trinajstić information content (AvgIpc) is 2.64. The summed E-state index contributed by atoms with van der Waals surface area (Å²) in [5.41, 5.74) is 3.49. The third kappa shape index (κ3) is 5.05. The minimum absolute atomic E-state index is 0.0824. The van der Waals surface area contributed by atoms with Crippen molar-refractivity contribution >= 4 is 34.5 Å². The van der Waals surface area contributed by atoms with Crippen molar-refractivity contribution in [1.82, 2.24) is 4.90 Å². The SMILES string of the molecule is Cc1c(I)c([C@H](OC(C)(C)C)C(=O)O)c(C)c2c1CN(C1CCC(F)(F)CC1)C(=O)C2. The van der Waals surface area contributed by atoms with Crippen molar-refractivity contribution in [2.75, 3.05) is 0 Å². The van der Waals surface area contributed by atoms with Crippen molar-refractivity contribution in [2.24, 2.45) is 0 Å². The standard InChI is InChI=1S/C23H30F2INO4/c1-12-15-10-17(28)27(14-6-8-23(24,25)9-7-14)11-16(15)13(2)19(26)18(12)20(21(29)30)31-22(3,4)5/h14,20H,6-11H2,1-5H3,(H,29,30)/t20-/m0/s1. The summed E-state index contributed by atoms with van der Waals surface area (Å²) < 4.78 is 33.9. The summed E-state index contributed by atoms with van der Waals surface area (Å²) >= 11 is 2.16. The van der Waals surface area contributed by atoms with Gasteiger partial charge in [-0.25, -0.2) is 13.6 Å². The lowest BCUT2D eigenvalue weighted by Crippen LogP contribution is -2.47. The number of amides is 1. The molecule has 1 N–H and O–H groups in total. The molecular formula is C23H30F2INO4. The Balaban J connectivity index is 1.99. The van der Waals surface area contributed by atoms with Crippen LogP contribution >= 0.6 is 22.6 Å². The topological polar surface area (TPSA) is 66.8 Å². The zero-order chi connectivity index (χ0) is 23.3. The van der Waals surface area contributed by atoms with Crippen LogP contribution in [0.15, 0.2) is 0 Å². The minimum atomic E-state index is -2.64. The Morgan fingerprint density at radius 2 is 1.77 bits per heavy atom. The highest BCUT2D eigenvalue weighted by atomic mass is 127. The first-order valence-electron chi connectivity index (χ1n) is 10.6. The van der Waals surface area contributed by atoms with Crippen LogP contribution in [0.25, 0.3) is 0 Å². The van der Waals surface area contributed by atoms with Crippen LogP contribution in [0.5, 0.6) is 0 Å². The molecule has 1 aromatic carbocycles. The highest BCUT2D eigenvalue weighted by Crippen LogP contribution is 2.41. The van der Waals surface area contributed by atoms with Crippen molar-refractivity contribution in [1.29, 1.82) is 0 Å². The highest BCUT2D eigenvalue weighted by molar-refractivity contribution is 14.1. The lowest BCUT2D eigenvalue weighted by Gasteiger charge is -2.41. The minimum Gasteiger partial charge on any atom is -0.479 e. The number of nitrogens with zero attached hydrogens (tertiary/aromatic N) is 1. The number of alkyl halides is 2. The maximum Gasteiger partial charge on any atom is 0.337 e. The molecule has 0 bridgehead atoms. The fraction of sp³-hybridized carbons (Fsp3) is 0.652. The monoisotopic (exact) mass is 549 g/mol. The molecule has 0 aromatic heterocycles. The summed E-state index contributed by atoms with van der Waals surface area (Å²) in [5.74, 6) is -3.79. The number of carboxylic acid groups (broad SMARTS) is 1. The number of rotatable bonds is 4. The molecule has 172 valence electrons. The zero-order valence-electron chi connectivity index (χ0n) is 18.7. The molecule has 8 heteroatoms. The Bertz CT molecular complexity index is 900. The second-order valence-electron chi connectivity index (χ2n) is 9.67. The van der Waals surface area contributed by atoms with Gasteiger partial charge < -0.3 is 14.7 Å². The number of halogens is 3. The molecule has 1 atom stereocenters. The fourth-order valence-corrected chi connectivity index (χ4v) is 5.66. The normalized spacial score (nSPS) is 20.5. The molecule has 0 spiro atoms. The second-order valence-corrected chi connectivity index (χ2v) is 10.7. The molecule has 1 aliphatic heterocycles. The predicted octanol–water partition coefficient (Wildman–Crippen LogP) is 5.31. The molecule has 1 heterocycles. The van der Waals surface area contributed by atoms with E-state index in [0.717, 1.165) is 25.8 Å². The van der Waals surface area contributed by atoms with Gasteiger partial charge in [0.15, 0.2) is 6.10 Å². The first-order valence-corrected chi connectivity index (χ1v) is 11.7. The summed E-state index contributed by atoms with van der Waals surface area (Å²) in [6.45, 7) is 9.60. The number of aliphatic carboxylic acids is 1. The highest BCUT2D eigenvalue weighted by Gasteiger charge is 2.41. The smallest absolute Gasteiger partial charge is 0.337 e. The Hall–Kier alpha value is -1.29. The summed E-state index contributed by atoms with van der Waals surface area (Å²) in [5, 5.41) is 9.88. The van der Waals surface area contributed by atoms with Gasteiger partial charge in [0, 0.05) is 34.6 Å². The van der Waals surface area contributed by atoms with Gasteiger partial charge in [-0.05, 0) is 92.3 Å². The maximum atomic E-state index is 13.6. The Kier molecular flexibility index (Phi) is 6.73. The van der Waals surface area contributed by atoms with Crippen LogP contribution in [0.2, 0.25) is 0 Å². The molecule has 1 fully saturated rings. The van der Waals surface area contributed by atoms with E-state index < -0.39 is 23.6 Å². The van der Waals surface area contributed by atoms with Crippen molar-refractivity contribution in [3.8, 4) is 0 Å². The van der Waals surface area contributed by atoms with E-state index in [2.05, 4.69) is 22.6 Å². The molecule has 2 aliphatic rings. The summed E-state index contributed by atoms with van der Waals surface area (Å²) in [6.07, 6.45) is -0.741. The Morgan fingerprint density at radius 1 is 1.19 bits per heavy atom. The van der Waals surface area contributed by atoms with Gasteiger partial charge in [-0.3, -0.25) is 4.79 Å². The molecular weight excluding hydrogens is 519 g/mol.